The second-order valence-electron chi connectivity index (χ2n) is 6.67. The zero-order valence-electron chi connectivity index (χ0n) is 15.6. The summed E-state index contributed by atoms with van der Waals surface area (Å²) >= 11 is 0. The maximum Gasteiger partial charge on any atom is 0.164 e. The lowest BCUT2D eigenvalue weighted by Crippen LogP contribution is -2.34. The molecule has 7 nitrogen and oxygen atoms in total. The molecule has 1 aliphatic rings. The average molecular weight is 389 g/mol. The molecule has 2 aromatic rings. The second-order valence-corrected chi connectivity index (χ2v) is 7.86. The number of benzene rings is 1. The molecule has 1 saturated heterocycles. The Morgan fingerprint density at radius 2 is 1.89 bits per heavy atom. The summed E-state index contributed by atoms with van der Waals surface area (Å²) in [6.07, 6.45) is 4.84. The van der Waals surface area contributed by atoms with Gasteiger partial charge in [0.05, 0.1) is 31.0 Å². The molecule has 1 aliphatic heterocycles. The molecular weight excluding hydrogens is 365 g/mol. The van der Waals surface area contributed by atoms with Gasteiger partial charge in [-0.05, 0) is 31.2 Å². The fraction of sp³-hybridized carbons (Fsp3) is 0.474. The van der Waals surface area contributed by atoms with Gasteiger partial charge in [-0.1, -0.05) is 0 Å². The van der Waals surface area contributed by atoms with Gasteiger partial charge >= 0.3 is 0 Å². The van der Waals surface area contributed by atoms with Gasteiger partial charge in [-0.2, -0.15) is 5.26 Å². The van der Waals surface area contributed by atoms with Crippen molar-refractivity contribution in [2.75, 3.05) is 38.4 Å². The molecule has 0 radical (unpaired) electrons. The van der Waals surface area contributed by atoms with Crippen LogP contribution < -0.4 is 14.4 Å². The Morgan fingerprint density at radius 1 is 1.22 bits per heavy atom. The fourth-order valence-electron chi connectivity index (χ4n) is 3.67. The minimum absolute atomic E-state index is 0.471. The normalized spacial score (nSPS) is 15.2. The first kappa shape index (κ1) is 19.6. The van der Waals surface area contributed by atoms with Gasteiger partial charge in [0.15, 0.2) is 19.9 Å². The molecule has 1 aromatic carbocycles. The summed E-state index contributed by atoms with van der Waals surface area (Å²) in [6, 6.07) is 5.98. The van der Waals surface area contributed by atoms with Gasteiger partial charge in [0.25, 0.3) is 0 Å². The topological polar surface area (TPSA) is 98.8 Å². The summed E-state index contributed by atoms with van der Waals surface area (Å²) in [4.78, 5) is 24.9. The SMILES string of the molecule is COc1cc2ncc(C#N)c(N3CCC(CCP(O)O)CC3)c2cc1OC. The van der Waals surface area contributed by atoms with E-state index in [0.29, 0.717) is 29.1 Å². The van der Waals surface area contributed by atoms with E-state index in [2.05, 4.69) is 16.0 Å². The second kappa shape index (κ2) is 8.71. The van der Waals surface area contributed by atoms with Gasteiger partial charge < -0.3 is 24.2 Å². The van der Waals surface area contributed by atoms with Gasteiger partial charge in [0.1, 0.15) is 6.07 Å². The molecule has 0 atom stereocenters. The molecule has 0 spiro atoms. The number of piperidine rings is 1. The van der Waals surface area contributed by atoms with E-state index < -0.39 is 8.38 Å². The van der Waals surface area contributed by atoms with E-state index in [9.17, 15) is 5.26 Å². The predicted molar refractivity (Wildman–Crippen MR) is 105 cm³/mol. The predicted octanol–water partition coefficient (Wildman–Crippen LogP) is 3.03. The highest BCUT2D eigenvalue weighted by atomic mass is 31.2. The number of anilines is 1. The number of hydrogen-bond donors (Lipinski definition) is 2. The first-order chi connectivity index (χ1) is 13.1. The molecule has 8 heteroatoms. The van der Waals surface area contributed by atoms with Crippen molar-refractivity contribution in [1.82, 2.24) is 4.98 Å². The Balaban J connectivity index is 1.92. The van der Waals surface area contributed by atoms with E-state index in [1.807, 2.05) is 12.1 Å². The highest BCUT2D eigenvalue weighted by Gasteiger charge is 2.24. The maximum atomic E-state index is 9.61. The number of nitriles is 1. The summed E-state index contributed by atoms with van der Waals surface area (Å²) in [7, 11) is 1.36. The molecule has 144 valence electrons. The molecule has 1 aromatic heterocycles. The van der Waals surface area contributed by atoms with Gasteiger partial charge in [0.2, 0.25) is 0 Å². The minimum Gasteiger partial charge on any atom is -0.493 e. The van der Waals surface area contributed by atoms with Crippen LogP contribution in [-0.4, -0.2) is 48.2 Å². The van der Waals surface area contributed by atoms with Crippen LogP contribution in [0.3, 0.4) is 0 Å². The number of nitrogens with zero attached hydrogens (tertiary/aromatic N) is 3. The van der Waals surface area contributed by atoms with Crippen molar-refractivity contribution in [3.05, 3.63) is 23.9 Å². The van der Waals surface area contributed by atoms with E-state index in [1.165, 1.54) is 0 Å². The number of rotatable bonds is 6. The minimum atomic E-state index is -1.81. The number of aromatic nitrogens is 1. The van der Waals surface area contributed by atoms with E-state index >= 15 is 0 Å². The first-order valence-electron chi connectivity index (χ1n) is 8.92. The molecule has 0 bridgehead atoms. The highest BCUT2D eigenvalue weighted by molar-refractivity contribution is 7.45. The molecule has 2 N–H and O–H groups in total. The van der Waals surface area contributed by atoms with Crippen LogP contribution in [0.4, 0.5) is 5.69 Å². The van der Waals surface area contributed by atoms with Gasteiger partial charge in [-0.25, -0.2) is 0 Å². The van der Waals surface area contributed by atoms with Crippen LogP contribution in [-0.2, 0) is 0 Å². The van der Waals surface area contributed by atoms with Crippen LogP contribution in [0.1, 0.15) is 24.8 Å². The molecule has 0 unspecified atom stereocenters. The zero-order chi connectivity index (χ0) is 19.4. The summed E-state index contributed by atoms with van der Waals surface area (Å²) < 4.78 is 10.8. The van der Waals surface area contributed by atoms with Crippen molar-refractivity contribution in [2.45, 2.75) is 19.3 Å². The Kier molecular flexibility index (Phi) is 6.33. The van der Waals surface area contributed by atoms with Crippen molar-refractivity contribution in [3.63, 3.8) is 0 Å². The first-order valence-corrected chi connectivity index (χ1v) is 10.4. The van der Waals surface area contributed by atoms with Gasteiger partial charge in [0, 0.05) is 36.9 Å². The van der Waals surface area contributed by atoms with Crippen LogP contribution >= 0.6 is 8.38 Å². The lowest BCUT2D eigenvalue weighted by atomic mass is 9.93. The number of methoxy groups -OCH3 is 2. The maximum absolute atomic E-state index is 9.61. The Morgan fingerprint density at radius 3 is 2.48 bits per heavy atom. The third kappa shape index (κ3) is 4.24. The highest BCUT2D eigenvalue weighted by Crippen LogP contribution is 2.39. The number of fused-ring (bicyclic) bond motifs is 1. The van der Waals surface area contributed by atoms with Gasteiger partial charge in [-0.15, -0.1) is 0 Å². The third-order valence-electron chi connectivity index (χ3n) is 5.13. The smallest absolute Gasteiger partial charge is 0.164 e. The van der Waals surface area contributed by atoms with Crippen LogP contribution in [0, 0.1) is 17.2 Å². The Hall–Kier alpha value is -2.13. The molecule has 27 heavy (non-hydrogen) atoms. The van der Waals surface area contributed by atoms with Crippen molar-refractivity contribution >= 4 is 25.0 Å². The number of ether oxygens (including phenoxy) is 2. The number of pyridine rings is 1. The summed E-state index contributed by atoms with van der Waals surface area (Å²) in [5.41, 5.74) is 2.19. The molecular formula is C19H24N3O4P. The van der Waals surface area contributed by atoms with Crippen LogP contribution in [0.15, 0.2) is 18.3 Å². The van der Waals surface area contributed by atoms with Crippen LogP contribution in [0.2, 0.25) is 0 Å². The van der Waals surface area contributed by atoms with E-state index in [1.54, 1.807) is 20.4 Å². The largest absolute Gasteiger partial charge is 0.493 e. The van der Waals surface area contributed by atoms with Crippen LogP contribution in [0.25, 0.3) is 10.9 Å². The molecule has 0 saturated carbocycles. The summed E-state index contributed by atoms with van der Waals surface area (Å²) in [5.74, 6) is 1.70. The van der Waals surface area contributed by atoms with Gasteiger partial charge in [-0.3, -0.25) is 4.98 Å². The van der Waals surface area contributed by atoms with E-state index in [-0.39, 0.29) is 0 Å². The lowest BCUT2D eigenvalue weighted by molar-refractivity contribution is 0.355. The monoisotopic (exact) mass is 389 g/mol. The van der Waals surface area contributed by atoms with Crippen molar-refractivity contribution in [1.29, 1.82) is 5.26 Å². The fourth-order valence-corrected chi connectivity index (χ4v) is 4.27. The summed E-state index contributed by atoms with van der Waals surface area (Å²) in [5, 5.41) is 10.5. The Bertz CT molecular complexity index is 845. The average Bonchev–Trinajstić information content (AvgIpc) is 2.70. The quantitative estimate of drug-likeness (QED) is 0.733. The van der Waals surface area contributed by atoms with Crippen molar-refractivity contribution in [2.24, 2.45) is 5.92 Å². The molecule has 0 aliphatic carbocycles. The lowest BCUT2D eigenvalue weighted by Gasteiger charge is -2.34. The molecule has 0 amide bonds. The molecule has 3 rings (SSSR count). The van der Waals surface area contributed by atoms with Crippen molar-refractivity contribution < 1.29 is 19.3 Å². The number of hydrogen-bond acceptors (Lipinski definition) is 7. The van der Waals surface area contributed by atoms with Crippen molar-refractivity contribution in [3.8, 4) is 17.6 Å². The standard InChI is InChI=1S/C19H24N3O4P/c1-25-17-9-15-16(10-18(17)26-2)21-12-14(11-20)19(15)22-6-3-13(4-7-22)5-8-27(23)24/h9-10,12-13,23-24H,3-8H2,1-2H3. The Labute approximate surface area is 160 Å². The zero-order valence-corrected chi connectivity index (χ0v) is 16.4. The summed E-state index contributed by atoms with van der Waals surface area (Å²) in [6.45, 7) is 1.64. The van der Waals surface area contributed by atoms with E-state index in [0.717, 1.165) is 48.9 Å². The molecule has 1 fully saturated rings. The van der Waals surface area contributed by atoms with E-state index in [4.69, 9.17) is 19.3 Å². The van der Waals surface area contributed by atoms with Crippen LogP contribution in [0.5, 0.6) is 11.5 Å². The molecule has 2 heterocycles. The third-order valence-corrected chi connectivity index (χ3v) is 5.79.